The summed E-state index contributed by atoms with van der Waals surface area (Å²) in [4.78, 5) is 0. The van der Waals surface area contributed by atoms with Gasteiger partial charge < -0.3 is 10.5 Å². The molecule has 1 unspecified atom stereocenters. The minimum absolute atomic E-state index is 0.113. The fraction of sp³-hybridized carbons (Fsp3) is 0.294. The van der Waals surface area contributed by atoms with Gasteiger partial charge in [-0.3, -0.25) is 0 Å². The zero-order valence-corrected chi connectivity index (χ0v) is 13.0. The van der Waals surface area contributed by atoms with Crippen molar-refractivity contribution in [2.45, 2.75) is 32.7 Å². The predicted molar refractivity (Wildman–Crippen MR) is 84.6 cm³/mol. The van der Waals surface area contributed by atoms with E-state index in [-0.39, 0.29) is 11.8 Å². The van der Waals surface area contributed by atoms with Gasteiger partial charge in [-0.15, -0.1) is 0 Å². The van der Waals surface area contributed by atoms with E-state index in [0.29, 0.717) is 10.8 Å². The van der Waals surface area contributed by atoms with Crippen LogP contribution in [-0.2, 0) is 6.42 Å². The quantitative estimate of drug-likeness (QED) is 0.856. The summed E-state index contributed by atoms with van der Waals surface area (Å²) < 4.78 is 19.3. The van der Waals surface area contributed by atoms with Gasteiger partial charge in [0.15, 0.2) is 11.6 Å². The lowest BCUT2D eigenvalue weighted by atomic mass is 10.0. The molecule has 0 fully saturated rings. The standard InChI is InChI=1S/C17H19ClFNO/c1-3-13(20)9-12-5-7-16(14(18)10-12)21-17-8-11(2)4-6-15(17)19/h4-8,10,13H,3,9,20H2,1-2H3. The van der Waals surface area contributed by atoms with Crippen molar-refractivity contribution in [3.8, 4) is 11.5 Å². The summed E-state index contributed by atoms with van der Waals surface area (Å²) >= 11 is 6.21. The zero-order chi connectivity index (χ0) is 15.4. The maximum atomic E-state index is 13.7. The lowest BCUT2D eigenvalue weighted by Gasteiger charge is -2.12. The van der Waals surface area contributed by atoms with Gasteiger partial charge in [0.25, 0.3) is 0 Å². The third-order valence-electron chi connectivity index (χ3n) is 3.33. The second-order valence-electron chi connectivity index (χ2n) is 5.17. The molecule has 2 rings (SSSR count). The van der Waals surface area contributed by atoms with Crippen LogP contribution in [-0.4, -0.2) is 6.04 Å². The number of aryl methyl sites for hydroxylation is 1. The molecule has 0 heterocycles. The Labute approximate surface area is 129 Å². The van der Waals surface area contributed by atoms with E-state index in [0.717, 1.165) is 24.0 Å². The molecule has 1 atom stereocenters. The van der Waals surface area contributed by atoms with Crippen molar-refractivity contribution >= 4 is 11.6 Å². The van der Waals surface area contributed by atoms with Crippen molar-refractivity contribution in [2.24, 2.45) is 5.73 Å². The second kappa shape index (κ2) is 6.92. The third-order valence-corrected chi connectivity index (χ3v) is 3.62. The largest absolute Gasteiger partial charge is 0.453 e. The Balaban J connectivity index is 2.19. The van der Waals surface area contributed by atoms with Crippen molar-refractivity contribution in [3.63, 3.8) is 0 Å². The van der Waals surface area contributed by atoms with Crippen molar-refractivity contribution in [1.29, 1.82) is 0 Å². The molecule has 0 aromatic heterocycles. The van der Waals surface area contributed by atoms with Crippen LogP contribution >= 0.6 is 11.6 Å². The minimum Gasteiger partial charge on any atom is -0.453 e. The number of ether oxygens (including phenoxy) is 1. The SMILES string of the molecule is CCC(N)Cc1ccc(Oc2cc(C)ccc2F)c(Cl)c1. The fourth-order valence-electron chi connectivity index (χ4n) is 2.01. The van der Waals surface area contributed by atoms with Gasteiger partial charge in [-0.05, 0) is 55.2 Å². The van der Waals surface area contributed by atoms with Gasteiger partial charge >= 0.3 is 0 Å². The molecule has 2 N–H and O–H groups in total. The van der Waals surface area contributed by atoms with Crippen LogP contribution in [0.3, 0.4) is 0 Å². The van der Waals surface area contributed by atoms with Crippen LogP contribution < -0.4 is 10.5 Å². The van der Waals surface area contributed by atoms with Crippen LogP contribution in [0.2, 0.25) is 5.02 Å². The maximum Gasteiger partial charge on any atom is 0.165 e. The van der Waals surface area contributed by atoms with Crippen LogP contribution in [0.4, 0.5) is 4.39 Å². The molecular weight excluding hydrogens is 289 g/mol. The molecule has 0 saturated carbocycles. The predicted octanol–water partition coefficient (Wildman–Crippen LogP) is 4.86. The van der Waals surface area contributed by atoms with Crippen LogP contribution in [0.1, 0.15) is 24.5 Å². The Kier molecular flexibility index (Phi) is 5.21. The first kappa shape index (κ1) is 15.8. The molecule has 2 aromatic rings. The summed E-state index contributed by atoms with van der Waals surface area (Å²) in [5.74, 6) is 0.207. The molecule has 2 nitrogen and oxygen atoms in total. The van der Waals surface area contributed by atoms with E-state index in [1.165, 1.54) is 6.07 Å². The molecule has 0 aliphatic heterocycles. The molecule has 0 radical (unpaired) electrons. The summed E-state index contributed by atoms with van der Waals surface area (Å²) in [6.07, 6.45) is 1.67. The van der Waals surface area contributed by atoms with Crippen molar-refractivity contribution < 1.29 is 9.13 Å². The Bertz CT molecular complexity index is 630. The molecule has 2 aromatic carbocycles. The molecule has 0 amide bonds. The lowest BCUT2D eigenvalue weighted by molar-refractivity contribution is 0.442. The van der Waals surface area contributed by atoms with E-state index < -0.39 is 5.82 Å². The first-order chi connectivity index (χ1) is 9.99. The Morgan fingerprint density at radius 3 is 2.62 bits per heavy atom. The summed E-state index contributed by atoms with van der Waals surface area (Å²) in [5.41, 5.74) is 7.90. The topological polar surface area (TPSA) is 35.2 Å². The summed E-state index contributed by atoms with van der Waals surface area (Å²) in [6.45, 7) is 3.92. The summed E-state index contributed by atoms with van der Waals surface area (Å²) in [7, 11) is 0. The van der Waals surface area contributed by atoms with Gasteiger partial charge in [-0.2, -0.15) is 0 Å². The van der Waals surface area contributed by atoms with Crippen LogP contribution in [0.15, 0.2) is 36.4 Å². The number of hydrogen-bond donors (Lipinski definition) is 1. The van der Waals surface area contributed by atoms with Gasteiger partial charge in [0.1, 0.15) is 5.75 Å². The van der Waals surface area contributed by atoms with E-state index >= 15 is 0 Å². The highest BCUT2D eigenvalue weighted by atomic mass is 35.5. The van der Waals surface area contributed by atoms with Crippen LogP contribution in [0.5, 0.6) is 11.5 Å². The van der Waals surface area contributed by atoms with Gasteiger partial charge in [-0.1, -0.05) is 30.7 Å². The molecule has 4 heteroatoms. The molecule has 0 bridgehead atoms. The summed E-state index contributed by atoms with van der Waals surface area (Å²) in [6, 6.07) is 10.3. The zero-order valence-electron chi connectivity index (χ0n) is 12.2. The molecule has 0 aliphatic carbocycles. The van der Waals surface area contributed by atoms with Crippen LogP contribution in [0, 0.1) is 12.7 Å². The van der Waals surface area contributed by atoms with E-state index in [1.54, 1.807) is 18.2 Å². The minimum atomic E-state index is -0.409. The summed E-state index contributed by atoms with van der Waals surface area (Å²) in [5, 5.41) is 0.455. The molecule has 21 heavy (non-hydrogen) atoms. The van der Waals surface area contributed by atoms with E-state index in [4.69, 9.17) is 22.1 Å². The van der Waals surface area contributed by atoms with Crippen LogP contribution in [0.25, 0.3) is 0 Å². The molecular formula is C17H19ClFNO. The Morgan fingerprint density at radius 2 is 1.95 bits per heavy atom. The monoisotopic (exact) mass is 307 g/mol. The lowest BCUT2D eigenvalue weighted by Crippen LogP contribution is -2.21. The normalized spacial score (nSPS) is 12.2. The Hall–Kier alpha value is -1.58. The third kappa shape index (κ3) is 4.19. The highest BCUT2D eigenvalue weighted by molar-refractivity contribution is 6.32. The van der Waals surface area contributed by atoms with Gasteiger partial charge in [0.05, 0.1) is 5.02 Å². The number of benzene rings is 2. The highest BCUT2D eigenvalue weighted by Crippen LogP contribution is 2.32. The van der Waals surface area contributed by atoms with Gasteiger partial charge in [0.2, 0.25) is 0 Å². The van der Waals surface area contributed by atoms with Gasteiger partial charge in [-0.25, -0.2) is 4.39 Å². The molecule has 0 saturated heterocycles. The first-order valence-electron chi connectivity index (χ1n) is 6.97. The average Bonchev–Trinajstić information content (AvgIpc) is 2.45. The number of hydrogen-bond acceptors (Lipinski definition) is 2. The fourth-order valence-corrected chi connectivity index (χ4v) is 2.25. The van der Waals surface area contributed by atoms with E-state index in [9.17, 15) is 4.39 Å². The van der Waals surface area contributed by atoms with Crippen molar-refractivity contribution in [2.75, 3.05) is 0 Å². The number of rotatable bonds is 5. The highest BCUT2D eigenvalue weighted by Gasteiger charge is 2.10. The van der Waals surface area contributed by atoms with Crippen molar-refractivity contribution in [1.82, 2.24) is 0 Å². The molecule has 112 valence electrons. The average molecular weight is 308 g/mol. The molecule has 0 spiro atoms. The van der Waals surface area contributed by atoms with Gasteiger partial charge in [0, 0.05) is 6.04 Å². The first-order valence-corrected chi connectivity index (χ1v) is 7.35. The van der Waals surface area contributed by atoms with E-state index in [2.05, 4.69) is 0 Å². The second-order valence-corrected chi connectivity index (χ2v) is 5.58. The smallest absolute Gasteiger partial charge is 0.165 e. The Morgan fingerprint density at radius 1 is 1.19 bits per heavy atom. The number of halogens is 2. The number of nitrogens with two attached hydrogens (primary N) is 1. The maximum absolute atomic E-state index is 13.7. The van der Waals surface area contributed by atoms with Crippen molar-refractivity contribution in [3.05, 3.63) is 58.4 Å². The van der Waals surface area contributed by atoms with E-state index in [1.807, 2.05) is 26.0 Å². The molecule has 0 aliphatic rings.